The van der Waals surface area contributed by atoms with Crippen LogP contribution >= 0.6 is 11.6 Å². The molecule has 1 heterocycles. The Morgan fingerprint density at radius 1 is 1.07 bits per heavy atom. The summed E-state index contributed by atoms with van der Waals surface area (Å²) in [6.07, 6.45) is 0. The number of rotatable bonds is 1. The predicted octanol–water partition coefficient (Wildman–Crippen LogP) is 3.45. The van der Waals surface area contributed by atoms with Gasteiger partial charge in [0.2, 0.25) is 0 Å². The molecule has 0 saturated heterocycles. The van der Waals surface area contributed by atoms with Crippen LogP contribution in [0.25, 0.3) is 5.69 Å². The topological polar surface area (TPSA) is 25.2 Å². The lowest BCUT2D eigenvalue weighted by molar-refractivity contribution is 0.471. The van der Waals surface area contributed by atoms with E-state index in [9.17, 15) is 5.11 Å². The van der Waals surface area contributed by atoms with Crippen molar-refractivity contribution in [3.63, 3.8) is 0 Å². The number of aryl methyl sites for hydroxylation is 2. The lowest BCUT2D eigenvalue weighted by Crippen LogP contribution is -1.98. The molecule has 0 fully saturated rings. The molecule has 0 bridgehead atoms. The van der Waals surface area contributed by atoms with Crippen LogP contribution in [0.5, 0.6) is 5.75 Å². The first-order valence-electron chi connectivity index (χ1n) is 4.73. The lowest BCUT2D eigenvalue weighted by Gasteiger charge is -2.11. The molecule has 1 N–H and O–H groups in total. The molecular weight excluding hydrogens is 210 g/mol. The van der Waals surface area contributed by atoms with Crippen molar-refractivity contribution in [2.45, 2.75) is 13.8 Å². The van der Waals surface area contributed by atoms with Crippen molar-refractivity contribution in [1.82, 2.24) is 4.57 Å². The molecule has 0 aliphatic heterocycles. The van der Waals surface area contributed by atoms with Gasteiger partial charge in [-0.25, -0.2) is 0 Å². The van der Waals surface area contributed by atoms with E-state index in [-0.39, 0.29) is 5.75 Å². The molecule has 0 aliphatic carbocycles. The Morgan fingerprint density at radius 2 is 1.67 bits per heavy atom. The monoisotopic (exact) mass is 221 g/mol. The van der Waals surface area contributed by atoms with Gasteiger partial charge in [0.15, 0.2) is 0 Å². The minimum atomic E-state index is 0.199. The third-order valence-electron chi connectivity index (χ3n) is 2.45. The molecule has 78 valence electrons. The second kappa shape index (κ2) is 3.63. The third kappa shape index (κ3) is 1.73. The highest BCUT2D eigenvalue weighted by Crippen LogP contribution is 2.27. The summed E-state index contributed by atoms with van der Waals surface area (Å²) in [5.41, 5.74) is 2.94. The molecule has 1 aromatic heterocycles. The summed E-state index contributed by atoms with van der Waals surface area (Å²) in [5.74, 6) is 0.199. The Labute approximate surface area is 93.7 Å². The van der Waals surface area contributed by atoms with Gasteiger partial charge in [-0.1, -0.05) is 11.6 Å². The van der Waals surface area contributed by atoms with Crippen LogP contribution < -0.4 is 0 Å². The van der Waals surface area contributed by atoms with E-state index in [0.29, 0.717) is 5.02 Å². The number of nitrogens with zero attached hydrogens (tertiary/aromatic N) is 1. The van der Waals surface area contributed by atoms with E-state index in [4.69, 9.17) is 11.6 Å². The summed E-state index contributed by atoms with van der Waals surface area (Å²) in [6, 6.07) is 9.18. The molecule has 0 spiro atoms. The van der Waals surface area contributed by atoms with Gasteiger partial charge in [-0.2, -0.15) is 0 Å². The Bertz CT molecular complexity index is 483. The molecule has 2 rings (SSSR count). The summed E-state index contributed by atoms with van der Waals surface area (Å²) in [5, 5.41) is 10.3. The zero-order valence-electron chi connectivity index (χ0n) is 8.66. The van der Waals surface area contributed by atoms with Gasteiger partial charge in [-0.15, -0.1) is 0 Å². The first-order valence-corrected chi connectivity index (χ1v) is 5.11. The molecule has 3 heteroatoms. The van der Waals surface area contributed by atoms with Crippen molar-refractivity contribution in [3.05, 3.63) is 46.7 Å². The van der Waals surface area contributed by atoms with Crippen molar-refractivity contribution >= 4 is 11.6 Å². The van der Waals surface area contributed by atoms with Gasteiger partial charge >= 0.3 is 0 Å². The molecule has 0 amide bonds. The molecule has 0 saturated carbocycles. The van der Waals surface area contributed by atoms with Crippen molar-refractivity contribution in [2.75, 3.05) is 0 Å². The Balaban J connectivity index is 2.64. The van der Waals surface area contributed by atoms with E-state index in [0.717, 1.165) is 17.1 Å². The fourth-order valence-electron chi connectivity index (χ4n) is 1.73. The van der Waals surface area contributed by atoms with Gasteiger partial charge in [0.25, 0.3) is 0 Å². The zero-order chi connectivity index (χ0) is 11.0. The minimum Gasteiger partial charge on any atom is -0.506 e. The summed E-state index contributed by atoms with van der Waals surface area (Å²) in [6.45, 7) is 4.00. The minimum absolute atomic E-state index is 0.199. The van der Waals surface area contributed by atoms with E-state index in [1.807, 2.05) is 36.6 Å². The normalized spacial score (nSPS) is 10.6. The van der Waals surface area contributed by atoms with Crippen molar-refractivity contribution < 1.29 is 5.11 Å². The molecule has 2 nitrogen and oxygen atoms in total. The third-order valence-corrected chi connectivity index (χ3v) is 2.68. The fraction of sp³-hybridized carbons (Fsp3) is 0.167. The molecule has 0 unspecified atom stereocenters. The van der Waals surface area contributed by atoms with Crippen molar-refractivity contribution in [3.8, 4) is 11.4 Å². The lowest BCUT2D eigenvalue weighted by atomic mass is 10.2. The van der Waals surface area contributed by atoms with E-state index in [1.54, 1.807) is 12.1 Å². The van der Waals surface area contributed by atoms with Gasteiger partial charge < -0.3 is 9.67 Å². The maximum Gasteiger partial charge on any atom is 0.141 e. The van der Waals surface area contributed by atoms with Crippen LogP contribution in [0.2, 0.25) is 5.02 Å². The van der Waals surface area contributed by atoms with Crippen LogP contribution in [-0.2, 0) is 0 Å². The number of phenolic OH excluding ortho intramolecular Hbond substituents is 1. The van der Waals surface area contributed by atoms with Gasteiger partial charge in [-0.05, 0) is 38.1 Å². The SMILES string of the molecule is Cc1ccc(C)n1-c1ccc(Cl)cc1O. The Morgan fingerprint density at radius 3 is 2.20 bits per heavy atom. The highest BCUT2D eigenvalue weighted by Gasteiger charge is 2.08. The highest BCUT2D eigenvalue weighted by atomic mass is 35.5. The number of aromatic nitrogens is 1. The molecule has 0 radical (unpaired) electrons. The quantitative estimate of drug-likeness (QED) is 0.784. The Hall–Kier alpha value is -1.41. The average molecular weight is 222 g/mol. The second-order valence-corrected chi connectivity index (χ2v) is 4.02. The average Bonchev–Trinajstić information content (AvgIpc) is 2.48. The second-order valence-electron chi connectivity index (χ2n) is 3.58. The van der Waals surface area contributed by atoms with Crippen LogP contribution in [0, 0.1) is 13.8 Å². The van der Waals surface area contributed by atoms with Crippen LogP contribution in [0.4, 0.5) is 0 Å². The summed E-state index contributed by atoms with van der Waals surface area (Å²) >= 11 is 5.79. The maximum atomic E-state index is 9.81. The Kier molecular flexibility index (Phi) is 2.45. The maximum absolute atomic E-state index is 9.81. The van der Waals surface area contributed by atoms with Gasteiger partial charge in [0.1, 0.15) is 5.75 Å². The highest BCUT2D eigenvalue weighted by molar-refractivity contribution is 6.30. The number of halogens is 1. The first-order chi connectivity index (χ1) is 7.09. The summed E-state index contributed by atoms with van der Waals surface area (Å²) in [4.78, 5) is 0. The molecule has 15 heavy (non-hydrogen) atoms. The van der Waals surface area contributed by atoms with Crippen LogP contribution in [0.15, 0.2) is 30.3 Å². The molecule has 0 aliphatic rings. The van der Waals surface area contributed by atoms with Crippen molar-refractivity contribution in [2.24, 2.45) is 0 Å². The smallest absolute Gasteiger partial charge is 0.141 e. The van der Waals surface area contributed by atoms with E-state index in [2.05, 4.69) is 0 Å². The number of aromatic hydroxyl groups is 1. The van der Waals surface area contributed by atoms with Gasteiger partial charge in [-0.3, -0.25) is 0 Å². The summed E-state index contributed by atoms with van der Waals surface area (Å²) < 4.78 is 1.99. The van der Waals surface area contributed by atoms with Crippen molar-refractivity contribution in [1.29, 1.82) is 0 Å². The van der Waals surface area contributed by atoms with Crippen LogP contribution in [0.1, 0.15) is 11.4 Å². The van der Waals surface area contributed by atoms with E-state index < -0.39 is 0 Å². The van der Waals surface area contributed by atoms with E-state index in [1.165, 1.54) is 0 Å². The van der Waals surface area contributed by atoms with Gasteiger partial charge in [0, 0.05) is 22.5 Å². The van der Waals surface area contributed by atoms with Gasteiger partial charge in [0.05, 0.1) is 5.69 Å². The van der Waals surface area contributed by atoms with E-state index >= 15 is 0 Å². The summed E-state index contributed by atoms with van der Waals surface area (Å²) in [7, 11) is 0. The molecular formula is C12H12ClNO. The first kappa shape index (κ1) is 10.1. The van der Waals surface area contributed by atoms with Crippen LogP contribution in [0.3, 0.4) is 0 Å². The molecule has 2 aromatic rings. The number of hydrogen-bond donors (Lipinski definition) is 1. The zero-order valence-corrected chi connectivity index (χ0v) is 9.42. The fourth-order valence-corrected chi connectivity index (χ4v) is 1.90. The molecule has 1 aromatic carbocycles. The number of phenols is 1. The van der Waals surface area contributed by atoms with Crippen LogP contribution in [-0.4, -0.2) is 9.67 Å². The number of benzene rings is 1. The number of hydrogen-bond acceptors (Lipinski definition) is 1. The standard InChI is InChI=1S/C12H12ClNO/c1-8-3-4-9(2)14(8)11-6-5-10(13)7-12(11)15/h3-7,15H,1-2H3. The predicted molar refractivity (Wildman–Crippen MR) is 61.9 cm³/mol. The molecule has 0 atom stereocenters. The largest absolute Gasteiger partial charge is 0.506 e.